The van der Waals surface area contributed by atoms with Crippen LogP contribution in [0.2, 0.25) is 5.02 Å². The lowest BCUT2D eigenvalue weighted by atomic mass is 10.2. The fraction of sp³-hybridized carbons (Fsp3) is 0.227. The predicted molar refractivity (Wildman–Crippen MR) is 115 cm³/mol. The molecule has 0 radical (unpaired) electrons. The maximum Gasteiger partial charge on any atom is 0.332 e. The number of fused-ring (bicyclic) bond motifs is 1. The van der Waals surface area contributed by atoms with Crippen LogP contribution < -0.4 is 11.2 Å². The largest absolute Gasteiger partial charge is 0.332 e. The Bertz CT molecular complexity index is 1300. The molecule has 0 aliphatic rings. The van der Waals surface area contributed by atoms with Crippen LogP contribution >= 0.6 is 11.6 Å². The zero-order valence-electron chi connectivity index (χ0n) is 16.3. The highest BCUT2D eigenvalue weighted by Gasteiger charge is 2.20. The van der Waals surface area contributed by atoms with Crippen molar-refractivity contribution < 1.29 is 0 Å². The highest BCUT2D eigenvalue weighted by molar-refractivity contribution is 6.31. The van der Waals surface area contributed by atoms with Gasteiger partial charge in [-0.05, 0) is 31.0 Å². The Morgan fingerprint density at radius 3 is 2.28 bits per heavy atom. The Morgan fingerprint density at radius 2 is 1.59 bits per heavy atom. The average molecular weight is 409 g/mol. The molecule has 0 atom stereocenters. The van der Waals surface area contributed by atoms with Crippen molar-refractivity contribution in [2.75, 3.05) is 0 Å². The van der Waals surface area contributed by atoms with Gasteiger partial charge in [-0.15, -0.1) is 0 Å². The Labute approximate surface area is 172 Å². The lowest BCUT2D eigenvalue weighted by molar-refractivity contribution is 0.623. The number of rotatable bonds is 5. The van der Waals surface area contributed by atoms with E-state index >= 15 is 0 Å². The van der Waals surface area contributed by atoms with Crippen molar-refractivity contribution in [1.29, 1.82) is 0 Å². The molecule has 0 aliphatic heterocycles. The van der Waals surface area contributed by atoms with Gasteiger partial charge in [-0.1, -0.05) is 60.1 Å². The van der Waals surface area contributed by atoms with Gasteiger partial charge in [-0.25, -0.2) is 4.79 Å². The van der Waals surface area contributed by atoms with Crippen molar-refractivity contribution in [1.82, 2.24) is 18.9 Å². The van der Waals surface area contributed by atoms with Gasteiger partial charge in [0.05, 0.1) is 24.3 Å². The first-order valence-corrected chi connectivity index (χ1v) is 9.87. The van der Waals surface area contributed by atoms with Crippen LogP contribution in [0, 0.1) is 6.92 Å². The third-order valence-electron chi connectivity index (χ3n) is 5.04. The molecule has 0 saturated heterocycles. The molecule has 0 unspecified atom stereocenters. The summed E-state index contributed by atoms with van der Waals surface area (Å²) in [6.07, 6.45) is 0. The topological polar surface area (TPSA) is 61.8 Å². The summed E-state index contributed by atoms with van der Waals surface area (Å²) in [4.78, 5) is 26.7. The number of aromatic nitrogens is 4. The average Bonchev–Trinajstić information content (AvgIpc) is 3.07. The molecule has 0 amide bonds. The molecule has 0 N–H and O–H groups in total. The minimum atomic E-state index is -0.370. The number of hydrogen-bond acceptors (Lipinski definition) is 3. The van der Waals surface area contributed by atoms with Crippen LogP contribution in [0.25, 0.3) is 11.0 Å². The van der Waals surface area contributed by atoms with Gasteiger partial charge in [-0.3, -0.25) is 18.6 Å². The standard InChI is InChI=1S/C22H21ClN4O2/c1-3-27-20-19(15(2)24-27)25(14-17-11-7-8-12-18(17)23)22(29)26(21(20)28)13-16-9-5-4-6-10-16/h4-12H,3,13-14H2,1-2H3. The molecular weight excluding hydrogens is 388 g/mol. The molecule has 0 spiro atoms. The van der Waals surface area contributed by atoms with E-state index in [-0.39, 0.29) is 24.3 Å². The van der Waals surface area contributed by atoms with Crippen molar-refractivity contribution in [3.05, 3.63) is 97.3 Å². The van der Waals surface area contributed by atoms with E-state index in [1.54, 1.807) is 15.3 Å². The summed E-state index contributed by atoms with van der Waals surface area (Å²) in [6.45, 7) is 4.74. The smallest absolute Gasteiger partial charge is 0.285 e. The number of halogens is 1. The van der Waals surface area contributed by atoms with Gasteiger partial charge < -0.3 is 0 Å². The summed E-state index contributed by atoms with van der Waals surface area (Å²) in [7, 11) is 0. The van der Waals surface area contributed by atoms with Crippen LogP contribution in [0.3, 0.4) is 0 Å². The lowest BCUT2D eigenvalue weighted by Gasteiger charge is -2.14. The van der Waals surface area contributed by atoms with Crippen molar-refractivity contribution in [2.45, 2.75) is 33.5 Å². The zero-order valence-corrected chi connectivity index (χ0v) is 17.1. The molecule has 2 aromatic carbocycles. The van der Waals surface area contributed by atoms with E-state index in [0.29, 0.717) is 28.3 Å². The van der Waals surface area contributed by atoms with Gasteiger partial charge in [0.25, 0.3) is 5.56 Å². The Hall–Kier alpha value is -3.12. The molecule has 0 bridgehead atoms. The summed E-state index contributed by atoms with van der Waals surface area (Å²) in [6, 6.07) is 16.9. The van der Waals surface area contributed by atoms with Crippen LogP contribution in [-0.2, 0) is 19.6 Å². The fourth-order valence-electron chi connectivity index (χ4n) is 3.64. The first kappa shape index (κ1) is 19.2. The molecule has 0 fully saturated rings. The number of nitrogens with zero attached hydrogens (tertiary/aromatic N) is 4. The highest BCUT2D eigenvalue weighted by atomic mass is 35.5. The lowest BCUT2D eigenvalue weighted by Crippen LogP contribution is -2.41. The first-order valence-electron chi connectivity index (χ1n) is 9.49. The molecular formula is C22H21ClN4O2. The van der Waals surface area contributed by atoms with Gasteiger partial charge in [0.15, 0.2) is 5.52 Å². The summed E-state index contributed by atoms with van der Waals surface area (Å²) in [5.74, 6) is 0. The second kappa shape index (κ2) is 7.72. The van der Waals surface area contributed by atoms with E-state index in [1.165, 1.54) is 4.57 Å². The molecule has 148 valence electrons. The van der Waals surface area contributed by atoms with Gasteiger partial charge in [0, 0.05) is 11.6 Å². The van der Waals surface area contributed by atoms with E-state index in [0.717, 1.165) is 11.1 Å². The van der Waals surface area contributed by atoms with Gasteiger partial charge in [0.1, 0.15) is 0 Å². The molecule has 29 heavy (non-hydrogen) atoms. The summed E-state index contributed by atoms with van der Waals surface area (Å²) in [5, 5.41) is 5.07. The van der Waals surface area contributed by atoms with Crippen LogP contribution in [-0.4, -0.2) is 18.9 Å². The van der Waals surface area contributed by atoms with Crippen LogP contribution in [0.1, 0.15) is 23.7 Å². The summed E-state index contributed by atoms with van der Waals surface area (Å²) < 4.78 is 4.55. The van der Waals surface area contributed by atoms with Crippen molar-refractivity contribution in [3.8, 4) is 0 Å². The highest BCUT2D eigenvalue weighted by Crippen LogP contribution is 2.19. The minimum Gasteiger partial charge on any atom is -0.285 e. The first-order chi connectivity index (χ1) is 14.0. The fourth-order valence-corrected chi connectivity index (χ4v) is 3.84. The van der Waals surface area contributed by atoms with E-state index in [9.17, 15) is 9.59 Å². The Balaban J connectivity index is 2.00. The van der Waals surface area contributed by atoms with Crippen LogP contribution in [0.15, 0.2) is 64.2 Å². The molecule has 2 aromatic heterocycles. The minimum absolute atomic E-state index is 0.199. The number of hydrogen-bond donors (Lipinski definition) is 0. The maximum absolute atomic E-state index is 13.4. The molecule has 0 saturated carbocycles. The molecule has 2 heterocycles. The normalized spacial score (nSPS) is 11.3. The second-order valence-electron chi connectivity index (χ2n) is 6.94. The molecule has 7 heteroatoms. The van der Waals surface area contributed by atoms with Crippen LogP contribution in [0.4, 0.5) is 0 Å². The number of benzene rings is 2. The van der Waals surface area contributed by atoms with Gasteiger partial charge in [-0.2, -0.15) is 5.10 Å². The van der Waals surface area contributed by atoms with E-state index < -0.39 is 0 Å². The van der Waals surface area contributed by atoms with E-state index in [2.05, 4.69) is 5.10 Å². The maximum atomic E-state index is 13.4. The summed E-state index contributed by atoms with van der Waals surface area (Å²) >= 11 is 6.35. The predicted octanol–water partition coefficient (Wildman–Crippen LogP) is 3.44. The zero-order chi connectivity index (χ0) is 20.5. The Kier molecular flexibility index (Phi) is 5.11. The van der Waals surface area contributed by atoms with Crippen molar-refractivity contribution >= 4 is 22.6 Å². The third-order valence-corrected chi connectivity index (χ3v) is 5.41. The molecule has 4 aromatic rings. The Morgan fingerprint density at radius 1 is 0.897 bits per heavy atom. The third kappa shape index (κ3) is 3.40. The van der Waals surface area contributed by atoms with Crippen LogP contribution in [0.5, 0.6) is 0 Å². The number of aryl methyl sites for hydroxylation is 2. The van der Waals surface area contributed by atoms with Crippen molar-refractivity contribution in [2.24, 2.45) is 0 Å². The molecule has 6 nitrogen and oxygen atoms in total. The molecule has 4 rings (SSSR count). The second-order valence-corrected chi connectivity index (χ2v) is 7.34. The monoisotopic (exact) mass is 408 g/mol. The molecule has 0 aliphatic carbocycles. The van der Waals surface area contributed by atoms with Gasteiger partial charge in [0.2, 0.25) is 0 Å². The SMILES string of the molecule is CCn1nc(C)c2c1c(=O)n(Cc1ccccc1)c(=O)n2Cc1ccccc1Cl. The summed E-state index contributed by atoms with van der Waals surface area (Å²) in [5.41, 5.74) is 2.64. The van der Waals surface area contributed by atoms with E-state index in [1.807, 2.05) is 62.4 Å². The quantitative estimate of drug-likeness (QED) is 0.508. The van der Waals surface area contributed by atoms with Gasteiger partial charge >= 0.3 is 5.69 Å². The van der Waals surface area contributed by atoms with E-state index in [4.69, 9.17) is 11.6 Å². The van der Waals surface area contributed by atoms with Crippen molar-refractivity contribution in [3.63, 3.8) is 0 Å².